The molecule has 2 aromatic rings. The van der Waals surface area contributed by atoms with Gasteiger partial charge in [0.05, 0.1) is 0 Å². The number of hydrogen-bond acceptors (Lipinski definition) is 3. The third kappa shape index (κ3) is 3.27. The van der Waals surface area contributed by atoms with Gasteiger partial charge in [0.25, 0.3) is 0 Å². The summed E-state index contributed by atoms with van der Waals surface area (Å²) in [6.07, 6.45) is 0. The van der Waals surface area contributed by atoms with Gasteiger partial charge in [-0.25, -0.2) is 9.98 Å². The van der Waals surface area contributed by atoms with Crippen LogP contribution >= 0.6 is 0 Å². The van der Waals surface area contributed by atoms with E-state index in [1.165, 1.54) is 0 Å². The average molecular weight is 277 g/mol. The molecule has 2 rings (SSSR count). The molecule has 0 aliphatic rings. The van der Waals surface area contributed by atoms with Crippen molar-refractivity contribution in [2.24, 2.45) is 9.98 Å². The third-order valence-electron chi connectivity index (χ3n) is 2.87. The zero-order chi connectivity index (χ0) is 15.2. The molecule has 0 unspecified atom stereocenters. The topological polar surface area (TPSA) is 98.4 Å². The molecule has 5 heteroatoms. The Morgan fingerprint density at radius 3 is 2.19 bits per heavy atom. The van der Waals surface area contributed by atoms with Crippen molar-refractivity contribution in [1.82, 2.24) is 0 Å². The van der Waals surface area contributed by atoms with E-state index in [0.29, 0.717) is 16.8 Å². The van der Waals surface area contributed by atoms with Crippen LogP contribution in [0.25, 0.3) is 0 Å². The van der Waals surface area contributed by atoms with Crippen molar-refractivity contribution >= 4 is 29.8 Å². The van der Waals surface area contributed by atoms with E-state index in [0.717, 1.165) is 0 Å². The second-order valence-electron chi connectivity index (χ2n) is 4.27. The van der Waals surface area contributed by atoms with E-state index in [2.05, 4.69) is 16.7 Å². The monoisotopic (exact) mass is 277 g/mol. The lowest BCUT2D eigenvalue weighted by atomic mass is 10.1. The Morgan fingerprint density at radius 2 is 1.57 bits per heavy atom. The Labute approximate surface area is 122 Å². The number of para-hydroxylation sites is 1. The number of amidine groups is 2. The second-order valence-corrected chi connectivity index (χ2v) is 4.27. The molecule has 2 aromatic carbocycles. The van der Waals surface area contributed by atoms with Crippen molar-refractivity contribution in [2.45, 2.75) is 0 Å². The summed E-state index contributed by atoms with van der Waals surface area (Å²) in [7, 11) is 0. The Bertz CT molecular complexity index is 716. The van der Waals surface area contributed by atoms with Gasteiger partial charge < -0.3 is 5.73 Å². The van der Waals surface area contributed by atoms with Crippen molar-refractivity contribution in [1.29, 1.82) is 10.8 Å². The lowest BCUT2D eigenvalue weighted by molar-refractivity contribution is 1.40. The molecule has 0 fully saturated rings. The number of nitrogen functional groups attached to an aromatic ring is 1. The summed E-state index contributed by atoms with van der Waals surface area (Å²) >= 11 is 0. The predicted molar refractivity (Wildman–Crippen MR) is 87.9 cm³/mol. The number of nitrogens with two attached hydrogens (primary N) is 1. The number of hydrogen-bond donors (Lipinski definition) is 3. The molecule has 0 aromatic heterocycles. The van der Waals surface area contributed by atoms with E-state index >= 15 is 0 Å². The first kappa shape index (κ1) is 14.3. The van der Waals surface area contributed by atoms with Gasteiger partial charge in [0.2, 0.25) is 0 Å². The smallest absolute Gasteiger partial charge is 0.179 e. The molecule has 0 bridgehead atoms. The van der Waals surface area contributed by atoms with Crippen molar-refractivity contribution in [2.75, 3.05) is 5.73 Å². The fourth-order valence-electron chi connectivity index (χ4n) is 1.78. The van der Waals surface area contributed by atoms with Gasteiger partial charge in [0.15, 0.2) is 11.7 Å². The minimum Gasteiger partial charge on any atom is -0.398 e. The minimum absolute atomic E-state index is 0.0252. The van der Waals surface area contributed by atoms with E-state index in [1.807, 2.05) is 18.2 Å². The van der Waals surface area contributed by atoms with Crippen LogP contribution in [0.2, 0.25) is 0 Å². The molecule has 0 spiro atoms. The summed E-state index contributed by atoms with van der Waals surface area (Å²) in [4.78, 5) is 7.82. The quantitative estimate of drug-likeness (QED) is 0.448. The van der Waals surface area contributed by atoms with Crippen LogP contribution in [0.1, 0.15) is 11.1 Å². The summed E-state index contributed by atoms with van der Waals surface area (Å²) < 4.78 is 0. The SMILES string of the molecule is C=NC(=NC(=N)c1ccccc1)C(=N)c1ccccc1N. The van der Waals surface area contributed by atoms with Crippen LogP contribution < -0.4 is 5.73 Å². The van der Waals surface area contributed by atoms with Gasteiger partial charge in [0, 0.05) is 16.8 Å². The van der Waals surface area contributed by atoms with Crippen molar-refractivity contribution in [3.05, 3.63) is 65.7 Å². The van der Waals surface area contributed by atoms with Gasteiger partial charge >= 0.3 is 0 Å². The normalized spacial score (nSPS) is 11.0. The zero-order valence-corrected chi connectivity index (χ0v) is 11.4. The van der Waals surface area contributed by atoms with E-state index < -0.39 is 0 Å². The van der Waals surface area contributed by atoms with Crippen LogP contribution in [0.3, 0.4) is 0 Å². The summed E-state index contributed by atoms with van der Waals surface area (Å²) in [6, 6.07) is 16.0. The van der Waals surface area contributed by atoms with E-state index in [1.54, 1.807) is 36.4 Å². The van der Waals surface area contributed by atoms with E-state index in [-0.39, 0.29) is 17.4 Å². The van der Waals surface area contributed by atoms with Crippen LogP contribution in [0.4, 0.5) is 5.69 Å². The number of aliphatic imine (C=N–C) groups is 2. The molecule has 0 aliphatic carbocycles. The molecule has 5 nitrogen and oxygen atoms in total. The molecule has 0 saturated carbocycles. The lowest BCUT2D eigenvalue weighted by Gasteiger charge is -2.07. The second kappa shape index (κ2) is 6.38. The van der Waals surface area contributed by atoms with Crippen molar-refractivity contribution in [3.63, 3.8) is 0 Å². The molecule has 0 saturated heterocycles. The zero-order valence-electron chi connectivity index (χ0n) is 11.4. The average Bonchev–Trinajstić information content (AvgIpc) is 2.53. The molecule has 4 N–H and O–H groups in total. The lowest BCUT2D eigenvalue weighted by Crippen LogP contribution is -2.16. The highest BCUT2D eigenvalue weighted by molar-refractivity contribution is 6.49. The van der Waals surface area contributed by atoms with E-state index in [9.17, 15) is 0 Å². The van der Waals surface area contributed by atoms with Crippen LogP contribution in [-0.4, -0.2) is 24.1 Å². The highest BCUT2D eigenvalue weighted by atomic mass is 15.0. The maximum absolute atomic E-state index is 8.14. The highest BCUT2D eigenvalue weighted by Gasteiger charge is 2.12. The molecular weight excluding hydrogens is 262 g/mol. The maximum atomic E-state index is 8.14. The van der Waals surface area contributed by atoms with Gasteiger partial charge in [-0.2, -0.15) is 0 Å². The molecule has 104 valence electrons. The Hall–Kier alpha value is -3.08. The highest BCUT2D eigenvalue weighted by Crippen LogP contribution is 2.13. The first-order chi connectivity index (χ1) is 10.1. The summed E-state index contributed by atoms with van der Waals surface area (Å²) in [5, 5.41) is 16.1. The number of benzene rings is 2. The number of anilines is 1. The molecular formula is C16H15N5. The number of rotatable bonds is 3. The Balaban J connectivity index is 2.34. The first-order valence-electron chi connectivity index (χ1n) is 6.26. The van der Waals surface area contributed by atoms with Gasteiger partial charge in [0.1, 0.15) is 5.71 Å². The standard InChI is InChI=1S/C16H15N5/c1-20-16(14(18)12-9-5-6-10-13(12)17)21-15(19)11-7-3-2-4-8-11/h2-10,18-19H,1,17H2. The molecule has 0 amide bonds. The summed E-state index contributed by atoms with van der Waals surface area (Å²) in [6.45, 7) is 3.42. The summed E-state index contributed by atoms with van der Waals surface area (Å²) in [5.41, 5.74) is 7.52. The minimum atomic E-state index is 0.0252. The van der Waals surface area contributed by atoms with Crippen LogP contribution in [0.15, 0.2) is 64.6 Å². The van der Waals surface area contributed by atoms with E-state index in [4.69, 9.17) is 16.6 Å². The molecule has 21 heavy (non-hydrogen) atoms. The van der Waals surface area contributed by atoms with Crippen LogP contribution in [0.5, 0.6) is 0 Å². The summed E-state index contributed by atoms with van der Waals surface area (Å²) in [5.74, 6) is 0.0963. The number of nitrogens with one attached hydrogen (secondary N) is 2. The van der Waals surface area contributed by atoms with Crippen molar-refractivity contribution in [3.8, 4) is 0 Å². The predicted octanol–water partition coefficient (Wildman–Crippen LogP) is 2.76. The first-order valence-corrected chi connectivity index (χ1v) is 6.26. The molecule has 0 atom stereocenters. The Kier molecular flexibility index (Phi) is 4.36. The Morgan fingerprint density at radius 1 is 0.952 bits per heavy atom. The van der Waals surface area contributed by atoms with Gasteiger partial charge in [-0.05, 0) is 12.8 Å². The van der Waals surface area contributed by atoms with Crippen LogP contribution in [0, 0.1) is 10.8 Å². The molecule has 0 aliphatic heterocycles. The third-order valence-corrected chi connectivity index (χ3v) is 2.87. The molecule has 0 radical (unpaired) electrons. The van der Waals surface area contributed by atoms with Crippen molar-refractivity contribution < 1.29 is 0 Å². The fourth-order valence-corrected chi connectivity index (χ4v) is 1.78. The van der Waals surface area contributed by atoms with Gasteiger partial charge in [-0.1, -0.05) is 48.5 Å². The van der Waals surface area contributed by atoms with Gasteiger partial charge in [-0.3, -0.25) is 10.8 Å². The fraction of sp³-hybridized carbons (Fsp3) is 0. The van der Waals surface area contributed by atoms with Gasteiger partial charge in [-0.15, -0.1) is 0 Å². The molecule has 0 heterocycles. The largest absolute Gasteiger partial charge is 0.398 e. The van der Waals surface area contributed by atoms with Crippen LogP contribution in [-0.2, 0) is 0 Å². The maximum Gasteiger partial charge on any atom is 0.179 e. The number of nitrogens with zero attached hydrogens (tertiary/aromatic N) is 2.